The van der Waals surface area contributed by atoms with Crippen molar-refractivity contribution in [1.29, 1.82) is 0 Å². The van der Waals surface area contributed by atoms with Crippen LogP contribution >= 0.6 is 0 Å². The zero-order valence-corrected chi connectivity index (χ0v) is 10.5. The van der Waals surface area contributed by atoms with E-state index in [2.05, 4.69) is 45.2 Å². The smallest absolute Gasteiger partial charge is 0.0254 e. The highest BCUT2D eigenvalue weighted by molar-refractivity contribution is 5.57. The Bertz CT molecular complexity index is 332. The summed E-state index contributed by atoms with van der Waals surface area (Å²) in [7, 11) is 0. The van der Waals surface area contributed by atoms with Crippen LogP contribution in [0, 0.1) is 5.92 Å². The number of benzene rings is 1. The van der Waals surface area contributed by atoms with Gasteiger partial charge in [0.15, 0.2) is 0 Å². The maximum atomic E-state index is 3.82. The lowest BCUT2D eigenvalue weighted by molar-refractivity contribution is 0.556. The summed E-state index contributed by atoms with van der Waals surface area (Å²) in [6, 6.07) is 6.56. The highest BCUT2D eigenvalue weighted by atomic mass is 14.0. The van der Waals surface area contributed by atoms with Gasteiger partial charge in [-0.05, 0) is 41.5 Å². The van der Waals surface area contributed by atoms with Crippen molar-refractivity contribution in [1.82, 2.24) is 0 Å². The SMILES string of the molecule is C=Cc1cc(C=C)cc(CCCC(C)C)c1. The van der Waals surface area contributed by atoms with Crippen LogP contribution in [0.15, 0.2) is 31.4 Å². The lowest BCUT2D eigenvalue weighted by Crippen LogP contribution is -1.92. The minimum atomic E-state index is 0.793. The third kappa shape index (κ3) is 4.06. The normalized spacial score (nSPS) is 10.4. The third-order valence-electron chi connectivity index (χ3n) is 2.76. The molecule has 16 heavy (non-hydrogen) atoms. The summed E-state index contributed by atoms with van der Waals surface area (Å²) in [5.41, 5.74) is 3.78. The molecule has 0 aromatic heterocycles. The average molecular weight is 214 g/mol. The van der Waals surface area contributed by atoms with E-state index < -0.39 is 0 Å². The van der Waals surface area contributed by atoms with Gasteiger partial charge in [-0.15, -0.1) is 0 Å². The van der Waals surface area contributed by atoms with Crippen LogP contribution in [0.1, 0.15) is 43.4 Å². The van der Waals surface area contributed by atoms with E-state index in [1.54, 1.807) is 0 Å². The van der Waals surface area contributed by atoms with E-state index in [-0.39, 0.29) is 0 Å². The van der Waals surface area contributed by atoms with Crippen LogP contribution in [0.4, 0.5) is 0 Å². The van der Waals surface area contributed by atoms with Gasteiger partial charge in [-0.1, -0.05) is 57.7 Å². The van der Waals surface area contributed by atoms with Gasteiger partial charge >= 0.3 is 0 Å². The van der Waals surface area contributed by atoms with Crippen LogP contribution in [0.25, 0.3) is 12.2 Å². The van der Waals surface area contributed by atoms with Crippen molar-refractivity contribution in [2.24, 2.45) is 5.92 Å². The van der Waals surface area contributed by atoms with Gasteiger partial charge in [0.1, 0.15) is 0 Å². The first kappa shape index (κ1) is 12.8. The molecule has 0 atom stereocenters. The molecule has 0 bridgehead atoms. The summed E-state index contributed by atoms with van der Waals surface area (Å²) >= 11 is 0. The number of hydrogen-bond donors (Lipinski definition) is 0. The number of aryl methyl sites for hydroxylation is 1. The molecule has 0 unspecified atom stereocenters. The number of rotatable bonds is 6. The average Bonchev–Trinajstić information content (AvgIpc) is 2.28. The second-order valence-corrected chi connectivity index (χ2v) is 4.70. The molecule has 0 aliphatic heterocycles. The van der Waals surface area contributed by atoms with Crippen LogP contribution in [0.3, 0.4) is 0 Å². The molecule has 0 saturated carbocycles. The molecule has 0 fully saturated rings. The molecule has 1 rings (SSSR count). The van der Waals surface area contributed by atoms with Crippen molar-refractivity contribution in [3.05, 3.63) is 48.0 Å². The Morgan fingerprint density at radius 3 is 2.06 bits per heavy atom. The van der Waals surface area contributed by atoms with E-state index in [4.69, 9.17) is 0 Å². The van der Waals surface area contributed by atoms with Crippen molar-refractivity contribution < 1.29 is 0 Å². The first-order valence-corrected chi connectivity index (χ1v) is 6.04. The predicted octanol–water partition coefficient (Wildman–Crippen LogP) is 4.95. The van der Waals surface area contributed by atoms with Crippen LogP contribution < -0.4 is 0 Å². The van der Waals surface area contributed by atoms with Gasteiger partial charge in [0.05, 0.1) is 0 Å². The van der Waals surface area contributed by atoms with Gasteiger partial charge in [0, 0.05) is 0 Å². The predicted molar refractivity (Wildman–Crippen MR) is 74.4 cm³/mol. The molecular formula is C16H22. The zero-order valence-electron chi connectivity index (χ0n) is 10.5. The fraction of sp³-hybridized carbons (Fsp3) is 0.375. The quantitative estimate of drug-likeness (QED) is 0.628. The van der Waals surface area contributed by atoms with Gasteiger partial charge in [0.2, 0.25) is 0 Å². The molecule has 0 nitrogen and oxygen atoms in total. The van der Waals surface area contributed by atoms with E-state index >= 15 is 0 Å². The number of hydrogen-bond acceptors (Lipinski definition) is 0. The van der Waals surface area contributed by atoms with Gasteiger partial charge in [-0.25, -0.2) is 0 Å². The van der Waals surface area contributed by atoms with E-state index in [0.717, 1.165) is 12.3 Å². The fourth-order valence-electron chi connectivity index (χ4n) is 1.84. The van der Waals surface area contributed by atoms with E-state index in [1.165, 1.54) is 29.5 Å². The maximum absolute atomic E-state index is 3.82. The molecule has 0 saturated heterocycles. The standard InChI is InChI=1S/C16H22/c1-5-14-10-15(6-2)12-16(11-14)9-7-8-13(3)4/h5-6,10-13H,1-2,7-9H2,3-4H3. The molecule has 0 spiro atoms. The van der Waals surface area contributed by atoms with Gasteiger partial charge < -0.3 is 0 Å². The Labute approximate surface area is 99.7 Å². The molecule has 0 radical (unpaired) electrons. The molecule has 0 aliphatic carbocycles. The zero-order chi connectivity index (χ0) is 12.0. The van der Waals surface area contributed by atoms with E-state index in [0.29, 0.717) is 0 Å². The Morgan fingerprint density at radius 2 is 1.62 bits per heavy atom. The van der Waals surface area contributed by atoms with Crippen LogP contribution in [0.2, 0.25) is 0 Å². The summed E-state index contributed by atoms with van der Waals surface area (Å²) in [4.78, 5) is 0. The Balaban J connectivity index is 2.71. The first-order valence-electron chi connectivity index (χ1n) is 6.04. The topological polar surface area (TPSA) is 0 Å². The first-order chi connectivity index (χ1) is 7.65. The molecule has 0 heterocycles. The van der Waals surface area contributed by atoms with Gasteiger partial charge in [-0.3, -0.25) is 0 Å². The Morgan fingerprint density at radius 1 is 1.06 bits per heavy atom. The summed E-state index contributed by atoms with van der Waals surface area (Å²) in [5.74, 6) is 0.793. The molecule has 0 N–H and O–H groups in total. The van der Waals surface area contributed by atoms with Crippen molar-refractivity contribution in [3.8, 4) is 0 Å². The maximum Gasteiger partial charge on any atom is -0.0254 e. The second kappa shape index (κ2) is 6.32. The highest BCUT2D eigenvalue weighted by Gasteiger charge is 1.99. The van der Waals surface area contributed by atoms with E-state index in [1.807, 2.05) is 12.2 Å². The molecule has 1 aromatic rings. The highest BCUT2D eigenvalue weighted by Crippen LogP contribution is 2.16. The van der Waals surface area contributed by atoms with Crippen LogP contribution in [-0.4, -0.2) is 0 Å². The monoisotopic (exact) mass is 214 g/mol. The molecule has 0 amide bonds. The van der Waals surface area contributed by atoms with Crippen molar-refractivity contribution in [3.63, 3.8) is 0 Å². The Hall–Kier alpha value is -1.30. The fourth-order valence-corrected chi connectivity index (χ4v) is 1.84. The van der Waals surface area contributed by atoms with E-state index in [9.17, 15) is 0 Å². The minimum Gasteiger partial charge on any atom is -0.0985 e. The summed E-state index contributed by atoms with van der Waals surface area (Å²) in [6.07, 6.45) is 7.51. The molecule has 0 heteroatoms. The molecule has 0 aliphatic rings. The third-order valence-corrected chi connectivity index (χ3v) is 2.76. The summed E-state index contributed by atoms with van der Waals surface area (Å²) in [5, 5.41) is 0. The largest absolute Gasteiger partial charge is 0.0985 e. The van der Waals surface area contributed by atoms with Gasteiger partial charge in [-0.2, -0.15) is 0 Å². The van der Waals surface area contributed by atoms with Crippen LogP contribution in [0.5, 0.6) is 0 Å². The molecule has 86 valence electrons. The van der Waals surface area contributed by atoms with Crippen molar-refractivity contribution in [2.45, 2.75) is 33.1 Å². The summed E-state index contributed by atoms with van der Waals surface area (Å²) < 4.78 is 0. The second-order valence-electron chi connectivity index (χ2n) is 4.70. The van der Waals surface area contributed by atoms with Crippen LogP contribution in [-0.2, 0) is 6.42 Å². The lowest BCUT2D eigenvalue weighted by atomic mass is 9.99. The van der Waals surface area contributed by atoms with Gasteiger partial charge in [0.25, 0.3) is 0 Å². The minimum absolute atomic E-state index is 0.793. The Kier molecular flexibility index (Phi) is 5.04. The van der Waals surface area contributed by atoms with Crippen molar-refractivity contribution >= 4 is 12.2 Å². The lowest BCUT2D eigenvalue weighted by Gasteiger charge is -2.07. The molecular weight excluding hydrogens is 192 g/mol. The summed E-state index contributed by atoms with van der Waals surface area (Å²) in [6.45, 7) is 12.2. The molecule has 1 aromatic carbocycles. The van der Waals surface area contributed by atoms with Crippen molar-refractivity contribution in [2.75, 3.05) is 0 Å².